The highest BCUT2D eigenvalue weighted by molar-refractivity contribution is 7.88. The molecule has 1 aliphatic rings. The molecule has 2 atom stereocenters. The molecule has 3 rings (SSSR count). The summed E-state index contributed by atoms with van der Waals surface area (Å²) in [4.78, 5) is 12.7. The zero-order chi connectivity index (χ0) is 19.6. The Morgan fingerprint density at radius 1 is 1.41 bits per heavy atom. The van der Waals surface area contributed by atoms with Crippen LogP contribution in [-0.2, 0) is 14.8 Å². The number of amides is 1. The normalized spacial score (nSPS) is 19.7. The van der Waals surface area contributed by atoms with Crippen LogP contribution in [0, 0.1) is 0 Å². The first-order valence-electron chi connectivity index (χ1n) is 9.23. The van der Waals surface area contributed by atoms with E-state index in [9.17, 15) is 13.2 Å². The van der Waals surface area contributed by atoms with E-state index < -0.39 is 16.1 Å². The van der Waals surface area contributed by atoms with E-state index in [0.29, 0.717) is 36.7 Å². The van der Waals surface area contributed by atoms with Crippen molar-refractivity contribution in [1.29, 1.82) is 0 Å². The van der Waals surface area contributed by atoms with Gasteiger partial charge in [0.1, 0.15) is 11.8 Å². The summed E-state index contributed by atoms with van der Waals surface area (Å²) in [7, 11) is -3.42. The van der Waals surface area contributed by atoms with E-state index in [1.807, 2.05) is 38.1 Å². The van der Waals surface area contributed by atoms with Gasteiger partial charge >= 0.3 is 0 Å². The Hall–Kier alpha value is -2.06. The molecule has 0 bridgehead atoms. The molecule has 7 nitrogen and oxygen atoms in total. The van der Waals surface area contributed by atoms with Crippen molar-refractivity contribution in [3.8, 4) is 5.75 Å². The number of nitrogens with zero attached hydrogens (tertiary/aromatic N) is 1. The van der Waals surface area contributed by atoms with Crippen LogP contribution in [0.1, 0.15) is 44.9 Å². The van der Waals surface area contributed by atoms with Crippen LogP contribution in [0.4, 0.5) is 0 Å². The molecule has 2 heterocycles. The third kappa shape index (κ3) is 4.27. The maximum atomic E-state index is 12.7. The zero-order valence-electron chi connectivity index (χ0n) is 15.9. The van der Waals surface area contributed by atoms with Gasteiger partial charge in [-0.3, -0.25) is 4.79 Å². The predicted octanol–water partition coefficient (Wildman–Crippen LogP) is 2.82. The maximum absolute atomic E-state index is 12.7. The van der Waals surface area contributed by atoms with E-state index >= 15 is 0 Å². The number of hydrogen-bond donors (Lipinski definition) is 1. The van der Waals surface area contributed by atoms with E-state index in [4.69, 9.17) is 9.15 Å². The maximum Gasteiger partial charge on any atom is 0.239 e. The lowest BCUT2D eigenvalue weighted by molar-refractivity contribution is -0.126. The Labute approximate surface area is 159 Å². The number of ether oxygens (including phenoxy) is 1. The van der Waals surface area contributed by atoms with Gasteiger partial charge < -0.3 is 14.5 Å². The number of hydrogen-bond acceptors (Lipinski definition) is 5. The summed E-state index contributed by atoms with van der Waals surface area (Å²) >= 11 is 0. The fourth-order valence-electron chi connectivity index (χ4n) is 3.48. The molecule has 1 saturated heterocycles. The summed E-state index contributed by atoms with van der Waals surface area (Å²) in [5, 5.41) is 3.80. The summed E-state index contributed by atoms with van der Waals surface area (Å²) < 4.78 is 36.8. The number of piperidine rings is 1. The lowest BCUT2D eigenvalue weighted by Gasteiger charge is -2.33. The number of fused-ring (bicyclic) bond motifs is 1. The van der Waals surface area contributed by atoms with E-state index in [0.717, 1.165) is 24.5 Å². The van der Waals surface area contributed by atoms with Gasteiger partial charge in [0.25, 0.3) is 0 Å². The van der Waals surface area contributed by atoms with Gasteiger partial charge in [-0.25, -0.2) is 8.42 Å². The fourth-order valence-corrected chi connectivity index (χ4v) is 4.61. The highest BCUT2D eigenvalue weighted by atomic mass is 32.2. The van der Waals surface area contributed by atoms with Crippen molar-refractivity contribution in [2.75, 3.05) is 19.4 Å². The summed E-state index contributed by atoms with van der Waals surface area (Å²) in [6.07, 6.45) is 3.29. The first-order valence-corrected chi connectivity index (χ1v) is 11.1. The zero-order valence-corrected chi connectivity index (χ0v) is 16.7. The van der Waals surface area contributed by atoms with Crippen molar-refractivity contribution < 1.29 is 22.4 Å². The molecule has 0 spiro atoms. The number of nitrogens with one attached hydrogen (secondary N) is 1. The lowest BCUT2D eigenvalue weighted by atomic mass is 10.0. The van der Waals surface area contributed by atoms with Crippen molar-refractivity contribution >= 4 is 26.9 Å². The van der Waals surface area contributed by atoms with Crippen molar-refractivity contribution in [1.82, 2.24) is 9.62 Å². The average Bonchev–Trinajstić information content (AvgIpc) is 3.07. The summed E-state index contributed by atoms with van der Waals surface area (Å²) in [5.41, 5.74) is 0.644. The topological polar surface area (TPSA) is 88.9 Å². The number of carbonyl (C=O) groups is 1. The van der Waals surface area contributed by atoms with Gasteiger partial charge in [-0.15, -0.1) is 0 Å². The van der Waals surface area contributed by atoms with Gasteiger partial charge in [0.2, 0.25) is 15.9 Å². The molecule has 2 aromatic rings. The largest absolute Gasteiger partial charge is 0.490 e. The van der Waals surface area contributed by atoms with E-state index in [2.05, 4.69) is 5.32 Å². The van der Waals surface area contributed by atoms with E-state index in [-0.39, 0.29) is 11.9 Å². The molecule has 1 amide bonds. The van der Waals surface area contributed by atoms with Crippen molar-refractivity contribution in [2.45, 2.75) is 45.2 Å². The number of benzene rings is 1. The van der Waals surface area contributed by atoms with Crippen LogP contribution in [0.5, 0.6) is 5.75 Å². The fraction of sp³-hybridized carbons (Fsp3) is 0.526. The first-order chi connectivity index (χ1) is 12.8. The molecular weight excluding hydrogens is 368 g/mol. The molecule has 148 valence electrons. The second kappa shape index (κ2) is 7.90. The molecule has 1 aromatic heterocycles. The quantitative estimate of drug-likeness (QED) is 0.814. The standard InChI is InChI=1S/C19H26N2O5S/c1-4-25-16-10-7-8-14-12-17(26-18(14)16)13(2)20-19(22)15-9-5-6-11-21(15)27(3,23)24/h7-8,10,12-13,15H,4-6,9,11H2,1-3H3,(H,20,22). The van der Waals surface area contributed by atoms with Gasteiger partial charge in [0.15, 0.2) is 11.3 Å². The number of carbonyl (C=O) groups excluding carboxylic acids is 1. The highest BCUT2D eigenvalue weighted by Crippen LogP contribution is 2.31. The SMILES string of the molecule is CCOc1cccc2cc(C(C)NC(=O)C3CCCCN3S(C)(=O)=O)oc12. The smallest absolute Gasteiger partial charge is 0.239 e. The first kappa shape index (κ1) is 19.7. The van der Waals surface area contributed by atoms with Crippen LogP contribution >= 0.6 is 0 Å². The molecule has 2 unspecified atom stereocenters. The molecule has 1 fully saturated rings. The Morgan fingerprint density at radius 3 is 2.89 bits per heavy atom. The number of furan rings is 1. The van der Waals surface area contributed by atoms with Gasteiger partial charge in [-0.2, -0.15) is 4.31 Å². The Morgan fingerprint density at radius 2 is 2.19 bits per heavy atom. The number of sulfonamides is 1. The molecule has 1 N–H and O–H groups in total. The molecule has 27 heavy (non-hydrogen) atoms. The summed E-state index contributed by atoms with van der Waals surface area (Å²) in [5.74, 6) is 0.973. The van der Waals surface area contributed by atoms with Gasteiger partial charge in [0, 0.05) is 11.9 Å². The molecule has 1 aromatic carbocycles. The van der Waals surface area contributed by atoms with Crippen LogP contribution in [0.25, 0.3) is 11.0 Å². The van der Waals surface area contributed by atoms with Crippen LogP contribution in [0.3, 0.4) is 0 Å². The molecule has 8 heteroatoms. The van der Waals surface area contributed by atoms with Crippen LogP contribution in [0.2, 0.25) is 0 Å². The number of rotatable bonds is 6. The second-order valence-electron chi connectivity index (χ2n) is 6.87. The molecule has 0 aliphatic carbocycles. The Kier molecular flexibility index (Phi) is 5.76. The summed E-state index contributed by atoms with van der Waals surface area (Å²) in [6.45, 7) is 4.64. The minimum absolute atomic E-state index is 0.293. The van der Waals surface area contributed by atoms with Gasteiger partial charge in [-0.05, 0) is 38.8 Å². The molecule has 1 aliphatic heterocycles. The van der Waals surface area contributed by atoms with E-state index in [1.165, 1.54) is 4.31 Å². The third-order valence-electron chi connectivity index (χ3n) is 4.79. The molecule has 0 saturated carbocycles. The van der Waals surface area contributed by atoms with Crippen molar-refractivity contribution in [3.63, 3.8) is 0 Å². The van der Waals surface area contributed by atoms with Crippen molar-refractivity contribution in [2.24, 2.45) is 0 Å². The predicted molar refractivity (Wildman–Crippen MR) is 103 cm³/mol. The number of para-hydroxylation sites is 1. The molecule has 0 radical (unpaired) electrons. The van der Waals surface area contributed by atoms with Crippen LogP contribution < -0.4 is 10.1 Å². The molecular formula is C19H26N2O5S. The minimum atomic E-state index is -3.42. The highest BCUT2D eigenvalue weighted by Gasteiger charge is 2.35. The Balaban J connectivity index is 1.78. The van der Waals surface area contributed by atoms with Crippen LogP contribution in [0.15, 0.2) is 28.7 Å². The van der Waals surface area contributed by atoms with E-state index in [1.54, 1.807) is 0 Å². The van der Waals surface area contributed by atoms with Gasteiger partial charge in [-0.1, -0.05) is 18.6 Å². The minimum Gasteiger partial charge on any atom is -0.490 e. The average molecular weight is 394 g/mol. The lowest BCUT2D eigenvalue weighted by Crippen LogP contribution is -2.51. The second-order valence-corrected chi connectivity index (χ2v) is 8.81. The van der Waals surface area contributed by atoms with Crippen LogP contribution in [-0.4, -0.2) is 44.1 Å². The Bertz CT molecular complexity index is 921. The third-order valence-corrected chi connectivity index (χ3v) is 6.08. The van der Waals surface area contributed by atoms with Gasteiger partial charge in [0.05, 0.1) is 18.9 Å². The van der Waals surface area contributed by atoms with Crippen molar-refractivity contribution in [3.05, 3.63) is 30.0 Å². The monoisotopic (exact) mass is 394 g/mol. The summed E-state index contributed by atoms with van der Waals surface area (Å²) in [6, 6.07) is 6.47.